The third-order valence-corrected chi connectivity index (χ3v) is 3.32. The molecule has 2 N–H and O–H groups in total. The molecule has 4 heteroatoms. The van der Waals surface area contributed by atoms with E-state index < -0.39 is 0 Å². The summed E-state index contributed by atoms with van der Waals surface area (Å²) in [5.41, 5.74) is 2.55. The van der Waals surface area contributed by atoms with Crippen molar-refractivity contribution < 1.29 is 9.84 Å². The molecule has 0 unspecified atom stereocenters. The van der Waals surface area contributed by atoms with Crippen LogP contribution in [0.2, 0.25) is 0 Å². The Morgan fingerprint density at radius 1 is 1.35 bits per heavy atom. The van der Waals surface area contributed by atoms with Crippen LogP contribution in [0.4, 0.5) is 0 Å². The number of aliphatic hydroxyl groups is 1. The largest absolute Gasteiger partial charge is 0.394 e. The standard InChI is InChI=1S/C13H20BrNO2/c1-11-9-12(3-4-13(11)14)10-15-5-2-7-17-8-6-16/h3-4,9,15-16H,2,5-8,10H2,1H3. The molecule has 0 radical (unpaired) electrons. The van der Waals surface area contributed by atoms with Gasteiger partial charge in [-0.3, -0.25) is 0 Å². The Morgan fingerprint density at radius 3 is 2.88 bits per heavy atom. The van der Waals surface area contributed by atoms with E-state index in [0.29, 0.717) is 13.2 Å². The van der Waals surface area contributed by atoms with Gasteiger partial charge in [0.1, 0.15) is 0 Å². The van der Waals surface area contributed by atoms with Crippen molar-refractivity contribution >= 4 is 15.9 Å². The Morgan fingerprint density at radius 2 is 2.18 bits per heavy atom. The van der Waals surface area contributed by atoms with Crippen molar-refractivity contribution in [1.29, 1.82) is 0 Å². The van der Waals surface area contributed by atoms with Crippen LogP contribution in [-0.4, -0.2) is 31.5 Å². The lowest BCUT2D eigenvalue weighted by molar-refractivity contribution is 0.0907. The zero-order valence-corrected chi connectivity index (χ0v) is 11.8. The smallest absolute Gasteiger partial charge is 0.0697 e. The molecule has 3 nitrogen and oxygen atoms in total. The first-order chi connectivity index (χ1) is 8.24. The second-order valence-electron chi connectivity index (χ2n) is 3.95. The lowest BCUT2D eigenvalue weighted by Crippen LogP contribution is -2.16. The van der Waals surface area contributed by atoms with Gasteiger partial charge in [0.05, 0.1) is 13.2 Å². The number of hydrogen-bond acceptors (Lipinski definition) is 3. The van der Waals surface area contributed by atoms with Gasteiger partial charge in [-0.25, -0.2) is 0 Å². The zero-order chi connectivity index (χ0) is 12.5. The van der Waals surface area contributed by atoms with E-state index in [1.807, 2.05) is 0 Å². The first-order valence-corrected chi connectivity index (χ1v) is 6.67. The molecule has 1 rings (SSSR count). The number of rotatable bonds is 8. The van der Waals surface area contributed by atoms with E-state index in [1.54, 1.807) is 0 Å². The molecule has 0 bridgehead atoms. The molecule has 0 amide bonds. The Labute approximate surface area is 111 Å². The second-order valence-corrected chi connectivity index (χ2v) is 4.80. The van der Waals surface area contributed by atoms with Gasteiger partial charge in [0.15, 0.2) is 0 Å². The van der Waals surface area contributed by atoms with Crippen LogP contribution in [0.15, 0.2) is 22.7 Å². The van der Waals surface area contributed by atoms with Crippen LogP contribution in [0.5, 0.6) is 0 Å². The van der Waals surface area contributed by atoms with Gasteiger partial charge in [0, 0.05) is 17.6 Å². The summed E-state index contributed by atoms with van der Waals surface area (Å²) in [6.07, 6.45) is 0.968. The van der Waals surface area contributed by atoms with Crippen LogP contribution in [0.3, 0.4) is 0 Å². The van der Waals surface area contributed by atoms with Crippen LogP contribution in [0.1, 0.15) is 17.5 Å². The average molecular weight is 302 g/mol. The van der Waals surface area contributed by atoms with Crippen molar-refractivity contribution in [2.75, 3.05) is 26.4 Å². The first-order valence-electron chi connectivity index (χ1n) is 5.88. The van der Waals surface area contributed by atoms with Gasteiger partial charge < -0.3 is 15.2 Å². The molecule has 96 valence electrons. The quantitative estimate of drug-likeness (QED) is 0.724. The van der Waals surface area contributed by atoms with E-state index in [0.717, 1.165) is 24.0 Å². The summed E-state index contributed by atoms with van der Waals surface area (Å²) >= 11 is 3.49. The predicted molar refractivity (Wildman–Crippen MR) is 73.1 cm³/mol. The minimum absolute atomic E-state index is 0.103. The molecule has 1 aromatic rings. The van der Waals surface area contributed by atoms with Crippen LogP contribution in [-0.2, 0) is 11.3 Å². The summed E-state index contributed by atoms with van der Waals surface area (Å²) in [7, 11) is 0. The lowest BCUT2D eigenvalue weighted by Gasteiger charge is -2.07. The SMILES string of the molecule is Cc1cc(CNCCCOCCO)ccc1Br. The van der Waals surface area contributed by atoms with Gasteiger partial charge >= 0.3 is 0 Å². The molecule has 17 heavy (non-hydrogen) atoms. The molecule has 0 aromatic heterocycles. The summed E-state index contributed by atoms with van der Waals surface area (Å²) < 4.78 is 6.33. The van der Waals surface area contributed by atoms with Gasteiger partial charge in [-0.05, 0) is 37.1 Å². The molecule has 0 fully saturated rings. The molecule has 0 saturated carbocycles. The van der Waals surface area contributed by atoms with E-state index in [1.165, 1.54) is 11.1 Å². The van der Waals surface area contributed by atoms with Crippen LogP contribution >= 0.6 is 15.9 Å². The van der Waals surface area contributed by atoms with E-state index in [2.05, 4.69) is 46.4 Å². The Kier molecular flexibility index (Phi) is 7.44. The van der Waals surface area contributed by atoms with Gasteiger partial charge in [-0.15, -0.1) is 0 Å². The van der Waals surface area contributed by atoms with Crippen molar-refractivity contribution in [2.45, 2.75) is 19.9 Å². The minimum atomic E-state index is 0.103. The van der Waals surface area contributed by atoms with Crippen LogP contribution in [0.25, 0.3) is 0 Å². The third kappa shape index (κ3) is 6.17. The van der Waals surface area contributed by atoms with E-state index in [9.17, 15) is 0 Å². The summed E-state index contributed by atoms with van der Waals surface area (Å²) in [5, 5.41) is 11.9. The highest BCUT2D eigenvalue weighted by atomic mass is 79.9. The number of aliphatic hydroxyl groups excluding tert-OH is 1. The van der Waals surface area contributed by atoms with Gasteiger partial charge in [0.2, 0.25) is 0 Å². The van der Waals surface area contributed by atoms with E-state index >= 15 is 0 Å². The number of aryl methyl sites for hydroxylation is 1. The molecular formula is C13H20BrNO2. The number of hydrogen-bond donors (Lipinski definition) is 2. The van der Waals surface area contributed by atoms with Crippen molar-refractivity contribution in [2.24, 2.45) is 0 Å². The van der Waals surface area contributed by atoms with Gasteiger partial charge in [0.25, 0.3) is 0 Å². The highest BCUT2D eigenvalue weighted by Gasteiger charge is 1.97. The monoisotopic (exact) mass is 301 g/mol. The fourth-order valence-corrected chi connectivity index (χ4v) is 1.76. The molecule has 0 aliphatic carbocycles. The predicted octanol–water partition coefficient (Wildman–Crippen LogP) is 2.25. The molecule has 1 aromatic carbocycles. The molecule has 0 spiro atoms. The number of halogens is 1. The Balaban J connectivity index is 2.11. The first kappa shape index (κ1) is 14.6. The van der Waals surface area contributed by atoms with Crippen molar-refractivity contribution in [3.63, 3.8) is 0 Å². The molecular weight excluding hydrogens is 282 g/mol. The Bertz CT molecular complexity index is 331. The Hall–Kier alpha value is -0.420. The zero-order valence-electron chi connectivity index (χ0n) is 10.2. The summed E-state index contributed by atoms with van der Waals surface area (Å²) in [4.78, 5) is 0. The van der Waals surface area contributed by atoms with E-state index in [-0.39, 0.29) is 6.61 Å². The maximum atomic E-state index is 8.52. The number of nitrogens with one attached hydrogen (secondary N) is 1. The maximum Gasteiger partial charge on any atom is 0.0697 e. The summed E-state index contributed by atoms with van der Waals surface area (Å²) in [6.45, 7) is 5.15. The lowest BCUT2D eigenvalue weighted by atomic mass is 10.1. The number of ether oxygens (including phenoxy) is 1. The van der Waals surface area contributed by atoms with Gasteiger partial charge in [-0.2, -0.15) is 0 Å². The topological polar surface area (TPSA) is 41.5 Å². The molecule has 0 aliphatic heterocycles. The minimum Gasteiger partial charge on any atom is -0.394 e. The fourth-order valence-electron chi connectivity index (χ4n) is 1.52. The number of benzene rings is 1. The summed E-state index contributed by atoms with van der Waals surface area (Å²) in [6, 6.07) is 6.38. The molecule has 0 atom stereocenters. The van der Waals surface area contributed by atoms with Crippen molar-refractivity contribution in [1.82, 2.24) is 5.32 Å². The van der Waals surface area contributed by atoms with Crippen molar-refractivity contribution in [3.05, 3.63) is 33.8 Å². The fraction of sp³-hybridized carbons (Fsp3) is 0.538. The molecule has 0 heterocycles. The second kappa shape index (κ2) is 8.64. The summed E-state index contributed by atoms with van der Waals surface area (Å²) in [5.74, 6) is 0. The van der Waals surface area contributed by atoms with Crippen LogP contribution in [0, 0.1) is 6.92 Å². The highest BCUT2D eigenvalue weighted by Crippen LogP contribution is 2.16. The maximum absolute atomic E-state index is 8.52. The van der Waals surface area contributed by atoms with E-state index in [4.69, 9.17) is 9.84 Å². The van der Waals surface area contributed by atoms with Crippen LogP contribution < -0.4 is 5.32 Å². The van der Waals surface area contributed by atoms with Crippen molar-refractivity contribution in [3.8, 4) is 0 Å². The van der Waals surface area contributed by atoms with Gasteiger partial charge in [-0.1, -0.05) is 28.1 Å². The average Bonchev–Trinajstić information content (AvgIpc) is 2.32. The third-order valence-electron chi connectivity index (χ3n) is 2.43. The highest BCUT2D eigenvalue weighted by molar-refractivity contribution is 9.10. The molecule has 0 saturated heterocycles. The molecule has 0 aliphatic rings. The normalized spacial score (nSPS) is 10.8.